The number of hydrogen-bond donors (Lipinski definition) is 2. The molecule has 128 valence electrons. The van der Waals surface area contributed by atoms with E-state index in [1.54, 1.807) is 18.2 Å². The van der Waals surface area contributed by atoms with Crippen LogP contribution in [-0.4, -0.2) is 26.9 Å². The van der Waals surface area contributed by atoms with Crippen LogP contribution in [0.25, 0.3) is 0 Å². The van der Waals surface area contributed by atoms with Crippen LogP contribution in [-0.2, 0) is 15.6 Å². The van der Waals surface area contributed by atoms with Crippen LogP contribution in [0.3, 0.4) is 0 Å². The predicted molar refractivity (Wildman–Crippen MR) is 88.8 cm³/mol. The van der Waals surface area contributed by atoms with Gasteiger partial charge in [-0.2, -0.15) is 0 Å². The summed E-state index contributed by atoms with van der Waals surface area (Å²) in [6, 6.07) is 10.8. The molecule has 24 heavy (non-hydrogen) atoms. The zero-order valence-corrected chi connectivity index (χ0v) is 14.4. The molecule has 0 radical (unpaired) electrons. The van der Waals surface area contributed by atoms with Crippen molar-refractivity contribution >= 4 is 21.6 Å². The average molecular weight is 370 g/mol. The highest BCUT2D eigenvalue weighted by molar-refractivity contribution is 7.89. The number of benzene rings is 2. The summed E-state index contributed by atoms with van der Waals surface area (Å²) >= 11 is 5.76. The Morgan fingerprint density at radius 3 is 2.54 bits per heavy atom. The van der Waals surface area contributed by atoms with Gasteiger partial charge >= 0.3 is 0 Å². The van der Waals surface area contributed by atoms with E-state index < -0.39 is 15.6 Å². The van der Waals surface area contributed by atoms with E-state index in [0.717, 1.165) is 0 Å². The van der Waals surface area contributed by atoms with Crippen LogP contribution < -0.4 is 14.2 Å². The minimum atomic E-state index is -3.75. The van der Waals surface area contributed by atoms with E-state index in [-0.39, 0.29) is 18.2 Å². The van der Waals surface area contributed by atoms with Crippen LogP contribution >= 0.6 is 11.6 Å². The van der Waals surface area contributed by atoms with Crippen LogP contribution in [0, 0.1) is 0 Å². The van der Waals surface area contributed by atoms with E-state index in [9.17, 15) is 13.5 Å². The van der Waals surface area contributed by atoms with Crippen LogP contribution in [0.4, 0.5) is 0 Å². The van der Waals surface area contributed by atoms with Gasteiger partial charge in [0.05, 0.1) is 4.90 Å². The summed E-state index contributed by atoms with van der Waals surface area (Å²) in [4.78, 5) is 0.0772. The second-order valence-electron chi connectivity index (χ2n) is 5.62. The molecule has 1 atom stereocenters. The molecule has 0 amide bonds. The standard InChI is InChI=1S/C16H16ClNO5S/c1-16(19,11-2-7-14-15(8-11)23-10-22-14)9-18-24(20,21)13-5-3-12(17)4-6-13/h2-8,18-19H,9-10H2,1H3. The number of sulfonamides is 1. The Morgan fingerprint density at radius 2 is 1.83 bits per heavy atom. The van der Waals surface area contributed by atoms with E-state index in [1.807, 2.05) is 0 Å². The maximum Gasteiger partial charge on any atom is 0.240 e. The molecule has 8 heteroatoms. The van der Waals surface area contributed by atoms with Gasteiger partial charge in [0.15, 0.2) is 11.5 Å². The third kappa shape index (κ3) is 3.49. The fourth-order valence-electron chi connectivity index (χ4n) is 2.27. The summed E-state index contributed by atoms with van der Waals surface area (Å²) in [5.74, 6) is 1.12. The molecule has 0 fully saturated rings. The van der Waals surface area contributed by atoms with Crippen LogP contribution in [0.2, 0.25) is 5.02 Å². The third-order valence-corrected chi connectivity index (χ3v) is 5.39. The number of ether oxygens (including phenoxy) is 2. The lowest BCUT2D eigenvalue weighted by Gasteiger charge is -2.24. The first kappa shape index (κ1) is 17.0. The Labute approximate surface area is 145 Å². The van der Waals surface area contributed by atoms with Crippen molar-refractivity contribution in [3.8, 4) is 11.5 Å². The van der Waals surface area contributed by atoms with E-state index in [0.29, 0.717) is 22.1 Å². The van der Waals surface area contributed by atoms with Gasteiger partial charge in [-0.05, 0) is 48.9 Å². The van der Waals surface area contributed by atoms with E-state index >= 15 is 0 Å². The maximum atomic E-state index is 12.3. The Morgan fingerprint density at radius 1 is 1.17 bits per heavy atom. The molecule has 1 unspecified atom stereocenters. The molecule has 1 aliphatic rings. The summed E-state index contributed by atoms with van der Waals surface area (Å²) < 4.78 is 37.5. The van der Waals surface area contributed by atoms with Crippen molar-refractivity contribution in [1.82, 2.24) is 4.72 Å². The van der Waals surface area contributed by atoms with E-state index in [4.69, 9.17) is 21.1 Å². The smallest absolute Gasteiger partial charge is 0.240 e. The lowest BCUT2D eigenvalue weighted by atomic mass is 9.96. The SMILES string of the molecule is CC(O)(CNS(=O)(=O)c1ccc(Cl)cc1)c1ccc2c(c1)OCO2. The minimum Gasteiger partial charge on any atom is -0.454 e. The van der Waals surface area contributed by atoms with Gasteiger partial charge in [0.2, 0.25) is 16.8 Å². The summed E-state index contributed by atoms with van der Waals surface area (Å²) in [6.45, 7) is 1.46. The number of nitrogens with one attached hydrogen (secondary N) is 1. The van der Waals surface area contributed by atoms with E-state index in [2.05, 4.69) is 4.72 Å². The molecular formula is C16H16ClNO5S. The van der Waals surface area contributed by atoms with Gasteiger partial charge in [-0.3, -0.25) is 0 Å². The molecule has 2 N–H and O–H groups in total. The minimum absolute atomic E-state index is 0.0772. The predicted octanol–water partition coefficient (Wildman–Crippen LogP) is 2.25. The van der Waals surface area contributed by atoms with Crippen LogP contribution in [0.1, 0.15) is 12.5 Å². The number of rotatable bonds is 5. The third-order valence-electron chi connectivity index (χ3n) is 3.72. The summed E-state index contributed by atoms with van der Waals surface area (Å²) in [5, 5.41) is 11.1. The van der Waals surface area contributed by atoms with Crippen molar-refractivity contribution in [2.24, 2.45) is 0 Å². The molecule has 0 saturated heterocycles. The summed E-state index contributed by atoms with van der Waals surface area (Å²) in [5.41, 5.74) is -0.897. The fraction of sp³-hybridized carbons (Fsp3) is 0.250. The molecular weight excluding hydrogens is 354 g/mol. The monoisotopic (exact) mass is 369 g/mol. The fourth-order valence-corrected chi connectivity index (χ4v) is 3.52. The van der Waals surface area contributed by atoms with Gasteiger partial charge in [-0.1, -0.05) is 17.7 Å². The molecule has 1 heterocycles. The van der Waals surface area contributed by atoms with Crippen molar-refractivity contribution in [2.75, 3.05) is 13.3 Å². The number of fused-ring (bicyclic) bond motifs is 1. The highest BCUT2D eigenvalue weighted by Gasteiger charge is 2.28. The van der Waals surface area contributed by atoms with Gasteiger partial charge in [-0.15, -0.1) is 0 Å². The highest BCUT2D eigenvalue weighted by Crippen LogP contribution is 2.35. The van der Waals surface area contributed by atoms with E-state index in [1.165, 1.54) is 31.2 Å². The van der Waals surface area contributed by atoms with Crippen molar-refractivity contribution in [2.45, 2.75) is 17.4 Å². The normalized spacial score (nSPS) is 16.0. The number of hydrogen-bond acceptors (Lipinski definition) is 5. The van der Waals surface area contributed by atoms with Crippen molar-refractivity contribution in [3.05, 3.63) is 53.1 Å². The molecule has 0 aliphatic carbocycles. The van der Waals surface area contributed by atoms with Gasteiger partial charge in [0.1, 0.15) is 5.60 Å². The Bertz CT molecular complexity index is 849. The zero-order chi connectivity index (χ0) is 17.4. The summed E-state index contributed by atoms with van der Waals surface area (Å²) in [7, 11) is -3.75. The Balaban J connectivity index is 1.76. The Kier molecular flexibility index (Phi) is 4.44. The number of aliphatic hydroxyl groups is 1. The van der Waals surface area contributed by atoms with Crippen molar-refractivity contribution < 1.29 is 23.0 Å². The van der Waals surface area contributed by atoms with Crippen LogP contribution in [0.15, 0.2) is 47.4 Å². The first-order chi connectivity index (χ1) is 11.3. The second kappa shape index (κ2) is 6.25. The molecule has 0 saturated carbocycles. The topological polar surface area (TPSA) is 84.9 Å². The number of halogens is 1. The highest BCUT2D eigenvalue weighted by atomic mass is 35.5. The quantitative estimate of drug-likeness (QED) is 0.844. The molecule has 0 spiro atoms. The lowest BCUT2D eigenvalue weighted by molar-refractivity contribution is 0.0625. The maximum absolute atomic E-state index is 12.3. The molecule has 3 rings (SSSR count). The molecule has 0 aromatic heterocycles. The molecule has 2 aromatic carbocycles. The van der Waals surface area contributed by atoms with Gasteiger partial charge in [0.25, 0.3) is 0 Å². The second-order valence-corrected chi connectivity index (χ2v) is 7.82. The molecule has 6 nitrogen and oxygen atoms in total. The zero-order valence-electron chi connectivity index (χ0n) is 12.8. The lowest BCUT2D eigenvalue weighted by Crippen LogP contribution is -2.38. The summed E-state index contributed by atoms with van der Waals surface area (Å²) in [6.07, 6.45) is 0. The van der Waals surface area contributed by atoms with Gasteiger partial charge < -0.3 is 14.6 Å². The molecule has 1 aliphatic heterocycles. The van der Waals surface area contributed by atoms with Crippen molar-refractivity contribution in [3.63, 3.8) is 0 Å². The average Bonchev–Trinajstić information content (AvgIpc) is 3.01. The van der Waals surface area contributed by atoms with Crippen LogP contribution in [0.5, 0.6) is 11.5 Å². The van der Waals surface area contributed by atoms with Crippen molar-refractivity contribution in [1.29, 1.82) is 0 Å². The molecule has 2 aromatic rings. The first-order valence-electron chi connectivity index (χ1n) is 7.16. The largest absolute Gasteiger partial charge is 0.454 e. The first-order valence-corrected chi connectivity index (χ1v) is 9.02. The van der Waals surface area contributed by atoms with Gasteiger partial charge in [-0.25, -0.2) is 13.1 Å². The van der Waals surface area contributed by atoms with Gasteiger partial charge in [0, 0.05) is 11.6 Å². The Hall–Kier alpha value is -1.80. The molecule has 0 bridgehead atoms.